The molecule has 1 unspecified atom stereocenters. The van der Waals surface area contributed by atoms with E-state index in [9.17, 15) is 9.59 Å². The third-order valence-corrected chi connectivity index (χ3v) is 13.7. The number of para-hydroxylation sites is 1. The molecule has 3 saturated heterocycles. The minimum absolute atomic E-state index is 0.00169. The molecule has 6 bridgehead atoms. The van der Waals surface area contributed by atoms with Gasteiger partial charge in [0.2, 0.25) is 0 Å². The molecule has 9 atom stereocenters. The quantitative estimate of drug-likeness (QED) is 0.170. The molecule has 0 amide bonds. The van der Waals surface area contributed by atoms with E-state index in [4.69, 9.17) is 14.2 Å². The second kappa shape index (κ2) is 12.3. The molecule has 2 aromatic heterocycles. The Morgan fingerprint density at radius 1 is 1.02 bits per heavy atom. The van der Waals surface area contributed by atoms with Crippen LogP contribution in [0.2, 0.25) is 0 Å². The highest BCUT2D eigenvalue weighted by atomic mass is 16.5. The SMILES string of the molecule is CC=C1CN[C@@H]2Cc3c([nH]c4ccccc34)[C@@H](c3cc4c5c([nH]c4cc3OC)[C@]3(C(=O)OC)C[C@H]4C[C@H](CC)[C@@H]3N(CC5)C4)C[C@H]1[C@H]2C(=O)OC. The number of hydrogen-bond donors (Lipinski definition) is 3. The Morgan fingerprint density at radius 3 is 2.63 bits per heavy atom. The summed E-state index contributed by atoms with van der Waals surface area (Å²) in [6, 6.07) is 13.1. The molecule has 2 aliphatic carbocycles. The third-order valence-electron chi connectivity index (χ3n) is 13.7. The predicted molar refractivity (Wildman–Crippen MR) is 197 cm³/mol. The lowest BCUT2D eigenvalue weighted by Gasteiger charge is -2.57. The molecule has 9 heteroatoms. The van der Waals surface area contributed by atoms with Gasteiger partial charge in [0, 0.05) is 82.5 Å². The van der Waals surface area contributed by atoms with Crippen LogP contribution in [0, 0.1) is 23.7 Å². The van der Waals surface area contributed by atoms with Gasteiger partial charge in [-0.1, -0.05) is 43.2 Å². The monoisotopic (exact) mass is 690 g/mol. The number of allylic oxidation sites excluding steroid dienone is 1. The van der Waals surface area contributed by atoms with Gasteiger partial charge in [0.25, 0.3) is 0 Å². The van der Waals surface area contributed by atoms with Crippen LogP contribution in [0.4, 0.5) is 0 Å². The van der Waals surface area contributed by atoms with E-state index in [1.807, 2.05) is 0 Å². The van der Waals surface area contributed by atoms with Gasteiger partial charge >= 0.3 is 11.9 Å². The van der Waals surface area contributed by atoms with Crippen LogP contribution in [0.25, 0.3) is 21.8 Å². The van der Waals surface area contributed by atoms with Crippen LogP contribution in [-0.2, 0) is 37.3 Å². The fourth-order valence-electron chi connectivity index (χ4n) is 11.7. The van der Waals surface area contributed by atoms with E-state index in [-0.39, 0.29) is 41.8 Å². The number of rotatable bonds is 5. The first-order valence-electron chi connectivity index (χ1n) is 19.0. The maximum absolute atomic E-state index is 14.2. The van der Waals surface area contributed by atoms with Crippen LogP contribution in [0.3, 0.4) is 0 Å². The molecule has 6 aliphatic rings. The Balaban J connectivity index is 1.27. The van der Waals surface area contributed by atoms with Gasteiger partial charge in [0.15, 0.2) is 0 Å². The molecule has 2 aromatic carbocycles. The Kier molecular flexibility index (Phi) is 7.89. The number of benzene rings is 2. The summed E-state index contributed by atoms with van der Waals surface area (Å²) < 4.78 is 17.5. The number of carbonyl (C=O) groups is 2. The Hall–Kier alpha value is -4.08. The number of hydrogen-bond acceptors (Lipinski definition) is 7. The average Bonchev–Trinajstić information content (AvgIpc) is 3.68. The molecule has 4 aliphatic heterocycles. The average molecular weight is 691 g/mol. The van der Waals surface area contributed by atoms with Crippen molar-refractivity contribution in [3.63, 3.8) is 0 Å². The van der Waals surface area contributed by atoms with Crippen LogP contribution in [0.1, 0.15) is 73.5 Å². The summed E-state index contributed by atoms with van der Waals surface area (Å²) >= 11 is 0. The van der Waals surface area contributed by atoms with E-state index < -0.39 is 5.41 Å². The summed E-state index contributed by atoms with van der Waals surface area (Å²) in [6.07, 6.45) is 7.54. The first-order chi connectivity index (χ1) is 24.8. The van der Waals surface area contributed by atoms with Gasteiger partial charge in [-0.25, -0.2) is 0 Å². The molecule has 268 valence electrons. The van der Waals surface area contributed by atoms with Crippen molar-refractivity contribution in [2.24, 2.45) is 23.7 Å². The highest BCUT2D eigenvalue weighted by molar-refractivity contribution is 5.93. The summed E-state index contributed by atoms with van der Waals surface area (Å²) in [6.45, 7) is 7.08. The molecule has 6 heterocycles. The number of nitrogens with one attached hydrogen (secondary N) is 3. The highest BCUT2D eigenvalue weighted by Crippen LogP contribution is 2.56. The maximum atomic E-state index is 14.2. The Labute approximate surface area is 299 Å². The second-order valence-corrected chi connectivity index (χ2v) is 15.8. The number of ether oxygens (including phenoxy) is 3. The van der Waals surface area contributed by atoms with Crippen LogP contribution in [-0.4, -0.2) is 79.9 Å². The molecule has 9 nitrogen and oxygen atoms in total. The number of piperidine rings is 3. The normalized spacial score (nSPS) is 33.2. The van der Waals surface area contributed by atoms with Crippen LogP contribution in [0.15, 0.2) is 48.0 Å². The lowest BCUT2D eigenvalue weighted by Crippen LogP contribution is -2.67. The van der Waals surface area contributed by atoms with E-state index in [0.717, 1.165) is 78.7 Å². The van der Waals surface area contributed by atoms with Gasteiger partial charge in [-0.15, -0.1) is 0 Å². The summed E-state index contributed by atoms with van der Waals surface area (Å²) in [5, 5.41) is 6.06. The van der Waals surface area contributed by atoms with Crippen molar-refractivity contribution < 1.29 is 23.8 Å². The van der Waals surface area contributed by atoms with Gasteiger partial charge in [-0.05, 0) is 80.0 Å². The molecule has 4 fully saturated rings. The van der Waals surface area contributed by atoms with Crippen molar-refractivity contribution in [1.29, 1.82) is 0 Å². The zero-order chi connectivity index (χ0) is 35.2. The first kappa shape index (κ1) is 32.8. The number of carbonyl (C=O) groups excluding carboxylic acids is 2. The van der Waals surface area contributed by atoms with Gasteiger partial charge in [0.05, 0.1) is 27.2 Å². The van der Waals surface area contributed by atoms with Gasteiger partial charge in [0.1, 0.15) is 11.2 Å². The molecule has 1 saturated carbocycles. The third kappa shape index (κ3) is 4.66. The predicted octanol–water partition coefficient (Wildman–Crippen LogP) is 6.15. The smallest absolute Gasteiger partial charge is 0.319 e. The summed E-state index contributed by atoms with van der Waals surface area (Å²) in [5.74, 6) is 1.06. The number of fused-ring (bicyclic) bond motifs is 9. The molecule has 51 heavy (non-hydrogen) atoms. The summed E-state index contributed by atoms with van der Waals surface area (Å²) in [4.78, 5) is 38.2. The number of aromatic amines is 2. The number of nitrogens with zero attached hydrogens (tertiary/aromatic N) is 1. The lowest BCUT2D eigenvalue weighted by molar-refractivity contribution is -0.162. The van der Waals surface area contributed by atoms with Crippen molar-refractivity contribution in [3.05, 3.63) is 76.1 Å². The van der Waals surface area contributed by atoms with Crippen molar-refractivity contribution in [2.45, 2.75) is 75.8 Å². The minimum Gasteiger partial charge on any atom is -0.496 e. The molecule has 10 rings (SSSR count). The molecule has 4 aromatic rings. The number of esters is 2. The van der Waals surface area contributed by atoms with E-state index in [1.165, 1.54) is 41.3 Å². The van der Waals surface area contributed by atoms with Crippen molar-refractivity contribution in [3.8, 4) is 5.75 Å². The Morgan fingerprint density at radius 2 is 1.86 bits per heavy atom. The maximum Gasteiger partial charge on any atom is 0.319 e. The summed E-state index contributed by atoms with van der Waals surface area (Å²) in [7, 11) is 4.82. The highest BCUT2D eigenvalue weighted by Gasteiger charge is 2.62. The number of aromatic nitrogens is 2. The molecule has 0 spiro atoms. The first-order valence-corrected chi connectivity index (χ1v) is 19.0. The molecule has 3 N–H and O–H groups in total. The van der Waals surface area contributed by atoms with Crippen molar-refractivity contribution >= 4 is 33.7 Å². The van der Waals surface area contributed by atoms with Crippen molar-refractivity contribution in [1.82, 2.24) is 20.2 Å². The second-order valence-electron chi connectivity index (χ2n) is 15.8. The minimum atomic E-state index is -0.724. The van der Waals surface area contributed by atoms with E-state index in [1.54, 1.807) is 14.2 Å². The Bertz CT molecular complexity index is 2080. The van der Waals surface area contributed by atoms with E-state index >= 15 is 0 Å². The van der Waals surface area contributed by atoms with Crippen LogP contribution < -0.4 is 10.1 Å². The standard InChI is InChI=1S/C42H50N4O5/c1-6-23-14-22-19-42(41(48)51-5)38-26(12-13-46(21-22)39(23)42)28-16-29(35(49-3)18-33(28)45-38)30-15-27-24(7-2)20-43-34(36(27)40(47)50-4)17-31-25-10-8-9-11-32(25)44-37(30)31/h7-11,16,18,22-23,27,30,34,36,39,43-45H,6,12-15,17,19-21H2,1-5H3/t22-,23+,27-,30-,34-,36-,39+,42-/m1/s1. The topological polar surface area (TPSA) is 109 Å². The molecule has 0 radical (unpaired) electrons. The van der Waals surface area contributed by atoms with E-state index in [2.05, 4.69) is 76.5 Å². The van der Waals surface area contributed by atoms with Gasteiger partial charge in [-0.3, -0.25) is 14.5 Å². The number of methoxy groups -OCH3 is 3. The van der Waals surface area contributed by atoms with Crippen LogP contribution >= 0.6 is 0 Å². The number of H-pyrrole nitrogens is 2. The van der Waals surface area contributed by atoms with Crippen molar-refractivity contribution in [2.75, 3.05) is 41.0 Å². The fraction of sp³-hybridized carbons (Fsp3) is 0.524. The van der Waals surface area contributed by atoms with Gasteiger partial charge < -0.3 is 29.5 Å². The zero-order valence-electron chi connectivity index (χ0n) is 30.4. The lowest BCUT2D eigenvalue weighted by atomic mass is 9.56. The zero-order valence-corrected chi connectivity index (χ0v) is 30.4. The summed E-state index contributed by atoms with van der Waals surface area (Å²) in [5.41, 5.74) is 8.42. The van der Waals surface area contributed by atoms with Gasteiger partial charge in [-0.2, -0.15) is 0 Å². The fourth-order valence-corrected chi connectivity index (χ4v) is 11.7. The molecular formula is C42H50N4O5. The van der Waals surface area contributed by atoms with E-state index in [0.29, 0.717) is 18.3 Å². The van der Waals surface area contributed by atoms with Crippen LogP contribution in [0.5, 0.6) is 5.75 Å². The largest absolute Gasteiger partial charge is 0.496 e. The molecular weight excluding hydrogens is 640 g/mol.